The molecule has 0 spiro atoms. The third-order valence-corrected chi connectivity index (χ3v) is 4.75. The number of aryl methyl sites for hydroxylation is 1. The second-order valence-corrected chi connectivity index (χ2v) is 7.28. The van der Waals surface area contributed by atoms with E-state index in [1.165, 1.54) is 18.3 Å². The Morgan fingerprint density at radius 1 is 1.32 bits per heavy atom. The molecule has 2 aromatic heterocycles. The highest BCUT2D eigenvalue weighted by Gasteiger charge is 2.20. The standard InChI is InChI=1S/C16H19ClN2O2S/c1-9-15(11(3)20)10(2)18-16(9)13(21)8-19(4)7-12-5-6-14(17)22-12/h5-6,18H,7-8H2,1-4H3. The molecular weight excluding hydrogens is 320 g/mol. The van der Waals surface area contributed by atoms with E-state index >= 15 is 0 Å². The minimum absolute atomic E-state index is 0.0155. The van der Waals surface area contributed by atoms with Gasteiger partial charge in [-0.25, -0.2) is 0 Å². The van der Waals surface area contributed by atoms with Crippen LogP contribution in [0.5, 0.6) is 0 Å². The number of carbonyl (C=O) groups excluding carboxylic acids is 2. The molecule has 0 fully saturated rings. The van der Waals surface area contributed by atoms with Crippen LogP contribution in [-0.2, 0) is 6.54 Å². The number of thiophene rings is 1. The van der Waals surface area contributed by atoms with Crippen molar-refractivity contribution in [2.24, 2.45) is 0 Å². The van der Waals surface area contributed by atoms with Crippen molar-refractivity contribution in [3.63, 3.8) is 0 Å². The van der Waals surface area contributed by atoms with E-state index in [4.69, 9.17) is 11.6 Å². The fraction of sp³-hybridized carbons (Fsp3) is 0.375. The highest BCUT2D eigenvalue weighted by atomic mass is 35.5. The summed E-state index contributed by atoms with van der Waals surface area (Å²) in [6.45, 7) is 6.10. The lowest BCUT2D eigenvalue weighted by atomic mass is 10.1. The third kappa shape index (κ3) is 3.66. The maximum Gasteiger partial charge on any atom is 0.193 e. The van der Waals surface area contributed by atoms with Crippen LogP contribution in [0.25, 0.3) is 0 Å². The molecule has 2 rings (SSSR count). The SMILES string of the molecule is CC(=O)c1c(C)[nH]c(C(=O)CN(C)Cc2ccc(Cl)s2)c1C. The van der Waals surface area contributed by atoms with Gasteiger partial charge in [0.05, 0.1) is 16.6 Å². The van der Waals surface area contributed by atoms with Crippen LogP contribution in [0.1, 0.15) is 43.9 Å². The molecule has 1 N–H and O–H groups in total. The molecule has 118 valence electrons. The van der Waals surface area contributed by atoms with Crippen LogP contribution >= 0.6 is 22.9 Å². The molecule has 0 aromatic carbocycles. The predicted octanol–water partition coefficient (Wildman–Crippen LogP) is 3.86. The van der Waals surface area contributed by atoms with E-state index in [0.29, 0.717) is 17.8 Å². The average molecular weight is 339 g/mol. The average Bonchev–Trinajstić information content (AvgIpc) is 2.92. The van der Waals surface area contributed by atoms with Gasteiger partial charge in [0.15, 0.2) is 11.6 Å². The number of halogens is 1. The van der Waals surface area contributed by atoms with E-state index < -0.39 is 0 Å². The lowest BCUT2D eigenvalue weighted by molar-refractivity contribution is 0.0938. The van der Waals surface area contributed by atoms with Crippen LogP contribution in [0, 0.1) is 13.8 Å². The summed E-state index contributed by atoms with van der Waals surface area (Å²) in [4.78, 5) is 30.2. The molecule has 4 nitrogen and oxygen atoms in total. The maximum absolute atomic E-state index is 12.5. The fourth-order valence-electron chi connectivity index (χ4n) is 2.64. The van der Waals surface area contributed by atoms with Crippen LogP contribution in [0.4, 0.5) is 0 Å². The number of aromatic amines is 1. The number of carbonyl (C=O) groups is 2. The molecule has 0 saturated heterocycles. The molecule has 6 heteroatoms. The third-order valence-electron chi connectivity index (χ3n) is 3.54. The summed E-state index contributed by atoms with van der Waals surface area (Å²) in [5.41, 5.74) is 2.64. The topological polar surface area (TPSA) is 53.2 Å². The number of ketones is 2. The zero-order valence-corrected chi connectivity index (χ0v) is 14.7. The Balaban J connectivity index is 2.09. The van der Waals surface area contributed by atoms with Gasteiger partial charge in [0, 0.05) is 22.7 Å². The Labute approximate surface area is 139 Å². The second-order valence-electron chi connectivity index (χ2n) is 5.48. The zero-order valence-electron chi connectivity index (χ0n) is 13.1. The van der Waals surface area contributed by atoms with Gasteiger partial charge in [-0.3, -0.25) is 14.5 Å². The van der Waals surface area contributed by atoms with Gasteiger partial charge >= 0.3 is 0 Å². The number of rotatable bonds is 6. The number of hydrogen-bond donors (Lipinski definition) is 1. The van der Waals surface area contributed by atoms with Gasteiger partial charge in [-0.2, -0.15) is 0 Å². The molecule has 0 bridgehead atoms. The number of nitrogens with one attached hydrogen (secondary N) is 1. The lowest BCUT2D eigenvalue weighted by Gasteiger charge is -2.14. The minimum Gasteiger partial charge on any atom is -0.355 e. The van der Waals surface area contributed by atoms with E-state index in [0.717, 1.165) is 20.5 Å². The summed E-state index contributed by atoms with van der Waals surface area (Å²) in [5.74, 6) is -0.0369. The Kier molecular flexibility index (Phi) is 5.21. The normalized spacial score (nSPS) is 11.2. The summed E-state index contributed by atoms with van der Waals surface area (Å²) in [6, 6.07) is 3.82. The van der Waals surface area contributed by atoms with Gasteiger partial charge in [0.25, 0.3) is 0 Å². The molecular formula is C16H19ClN2O2S. The monoisotopic (exact) mass is 338 g/mol. The first kappa shape index (κ1) is 16.9. The summed E-state index contributed by atoms with van der Waals surface area (Å²) in [7, 11) is 1.89. The molecule has 0 aliphatic heterocycles. The number of Topliss-reactive ketones (excluding diaryl/α,β-unsaturated/α-hetero) is 2. The highest BCUT2D eigenvalue weighted by molar-refractivity contribution is 7.16. The van der Waals surface area contributed by atoms with Gasteiger partial charge in [-0.1, -0.05) is 11.6 Å². The molecule has 0 unspecified atom stereocenters. The fourth-order valence-corrected chi connectivity index (χ4v) is 3.81. The van der Waals surface area contributed by atoms with Crippen molar-refractivity contribution in [1.82, 2.24) is 9.88 Å². The number of aromatic nitrogens is 1. The quantitative estimate of drug-likeness (QED) is 0.813. The van der Waals surface area contributed by atoms with E-state index in [-0.39, 0.29) is 18.1 Å². The van der Waals surface area contributed by atoms with Crippen molar-refractivity contribution >= 4 is 34.5 Å². The van der Waals surface area contributed by atoms with Crippen molar-refractivity contribution in [3.8, 4) is 0 Å². The van der Waals surface area contributed by atoms with Gasteiger partial charge in [-0.15, -0.1) is 11.3 Å². The Bertz CT molecular complexity index is 718. The van der Waals surface area contributed by atoms with Crippen molar-refractivity contribution < 1.29 is 9.59 Å². The van der Waals surface area contributed by atoms with Gasteiger partial charge in [0.2, 0.25) is 0 Å². The molecule has 2 aromatic rings. The van der Waals surface area contributed by atoms with Crippen molar-refractivity contribution in [3.05, 3.63) is 43.9 Å². The molecule has 0 aliphatic carbocycles. The van der Waals surface area contributed by atoms with Crippen molar-refractivity contribution in [1.29, 1.82) is 0 Å². The largest absolute Gasteiger partial charge is 0.355 e. The van der Waals surface area contributed by atoms with Crippen LogP contribution < -0.4 is 0 Å². The first-order valence-corrected chi connectivity index (χ1v) is 8.15. The summed E-state index contributed by atoms with van der Waals surface area (Å²) < 4.78 is 0.747. The van der Waals surface area contributed by atoms with E-state index in [2.05, 4.69) is 4.98 Å². The number of likely N-dealkylation sites (N-methyl/N-ethyl adjacent to an activating group) is 1. The zero-order chi connectivity index (χ0) is 16.4. The molecule has 0 atom stereocenters. The van der Waals surface area contributed by atoms with Crippen LogP contribution in [0.15, 0.2) is 12.1 Å². The smallest absolute Gasteiger partial charge is 0.193 e. The molecule has 0 radical (unpaired) electrons. The van der Waals surface area contributed by atoms with Gasteiger partial charge in [0.1, 0.15) is 0 Å². The van der Waals surface area contributed by atoms with E-state index in [9.17, 15) is 9.59 Å². The van der Waals surface area contributed by atoms with Crippen LogP contribution in [0.3, 0.4) is 0 Å². The molecule has 22 heavy (non-hydrogen) atoms. The summed E-state index contributed by atoms with van der Waals surface area (Å²) in [5, 5.41) is 0. The first-order chi connectivity index (χ1) is 10.3. The second kappa shape index (κ2) is 6.77. The minimum atomic E-state index is -0.0214. The number of nitrogens with zero attached hydrogens (tertiary/aromatic N) is 1. The summed E-state index contributed by atoms with van der Waals surface area (Å²) in [6.07, 6.45) is 0. The first-order valence-electron chi connectivity index (χ1n) is 6.95. The van der Waals surface area contributed by atoms with Crippen LogP contribution in [0.2, 0.25) is 4.34 Å². The van der Waals surface area contributed by atoms with Crippen LogP contribution in [-0.4, -0.2) is 35.0 Å². The number of H-pyrrole nitrogens is 1. The molecule has 0 aliphatic rings. The lowest BCUT2D eigenvalue weighted by Crippen LogP contribution is -2.26. The predicted molar refractivity (Wildman–Crippen MR) is 90.3 cm³/mol. The Morgan fingerprint density at radius 2 is 2.00 bits per heavy atom. The maximum atomic E-state index is 12.5. The van der Waals surface area contributed by atoms with E-state index in [1.807, 2.05) is 37.9 Å². The Hall–Kier alpha value is -1.43. The van der Waals surface area contributed by atoms with Crippen molar-refractivity contribution in [2.45, 2.75) is 27.3 Å². The highest BCUT2D eigenvalue weighted by Crippen LogP contribution is 2.23. The Morgan fingerprint density at radius 3 is 2.50 bits per heavy atom. The van der Waals surface area contributed by atoms with Crippen molar-refractivity contribution in [2.75, 3.05) is 13.6 Å². The van der Waals surface area contributed by atoms with Gasteiger partial charge < -0.3 is 4.98 Å². The number of hydrogen-bond acceptors (Lipinski definition) is 4. The molecule has 0 amide bonds. The van der Waals surface area contributed by atoms with E-state index in [1.54, 1.807) is 0 Å². The van der Waals surface area contributed by atoms with Gasteiger partial charge in [-0.05, 0) is 45.5 Å². The molecule has 2 heterocycles. The summed E-state index contributed by atoms with van der Waals surface area (Å²) >= 11 is 7.42. The molecule has 0 saturated carbocycles.